The molecule has 4 nitrogen and oxygen atoms in total. The first-order valence-corrected chi connectivity index (χ1v) is 8.13. The quantitative estimate of drug-likeness (QED) is 0.555. The van der Waals surface area contributed by atoms with E-state index in [1.54, 1.807) is 12.1 Å². The number of benzene rings is 3. The maximum absolute atomic E-state index is 12.9. The minimum atomic E-state index is -0.376. The van der Waals surface area contributed by atoms with E-state index in [2.05, 4.69) is 10.3 Å². The Hall–Kier alpha value is -3.47. The van der Waals surface area contributed by atoms with Gasteiger partial charge in [-0.1, -0.05) is 6.07 Å². The average Bonchev–Trinajstić information content (AvgIpc) is 3.06. The molecular formula is C21H15FN2O2. The molecule has 4 rings (SSSR count). The van der Waals surface area contributed by atoms with Gasteiger partial charge in [0.15, 0.2) is 5.58 Å². The number of nitrogens with zero attached hydrogens (tertiary/aromatic N) is 1. The highest BCUT2D eigenvalue weighted by Gasteiger charge is 2.10. The fourth-order valence-electron chi connectivity index (χ4n) is 2.66. The van der Waals surface area contributed by atoms with Crippen LogP contribution in [0.2, 0.25) is 0 Å². The second-order valence-electron chi connectivity index (χ2n) is 6.03. The normalized spacial score (nSPS) is 10.8. The van der Waals surface area contributed by atoms with Crippen LogP contribution in [0.4, 0.5) is 10.1 Å². The lowest BCUT2D eigenvalue weighted by Gasteiger charge is -2.05. The van der Waals surface area contributed by atoms with E-state index in [1.807, 2.05) is 37.3 Å². The Kier molecular flexibility index (Phi) is 3.97. The molecular weight excluding hydrogens is 331 g/mol. The summed E-state index contributed by atoms with van der Waals surface area (Å²) >= 11 is 0. The molecule has 0 spiro atoms. The van der Waals surface area contributed by atoms with Crippen LogP contribution in [0, 0.1) is 12.7 Å². The van der Waals surface area contributed by atoms with Crippen molar-refractivity contribution in [2.75, 3.05) is 5.32 Å². The Morgan fingerprint density at radius 3 is 2.46 bits per heavy atom. The molecule has 1 aromatic heterocycles. The summed E-state index contributed by atoms with van der Waals surface area (Å²) in [6.07, 6.45) is 0. The third-order valence-corrected chi connectivity index (χ3v) is 4.04. The summed E-state index contributed by atoms with van der Waals surface area (Å²) < 4.78 is 18.7. The van der Waals surface area contributed by atoms with Crippen molar-refractivity contribution in [2.24, 2.45) is 0 Å². The molecule has 5 heteroatoms. The molecule has 1 N–H and O–H groups in total. The second kappa shape index (κ2) is 6.44. The lowest BCUT2D eigenvalue weighted by Crippen LogP contribution is -2.11. The zero-order chi connectivity index (χ0) is 18.1. The van der Waals surface area contributed by atoms with Crippen LogP contribution in [0.5, 0.6) is 0 Å². The topological polar surface area (TPSA) is 55.1 Å². The lowest BCUT2D eigenvalue weighted by atomic mass is 10.2. The van der Waals surface area contributed by atoms with Crippen LogP contribution in [0.1, 0.15) is 15.9 Å². The number of amides is 1. The van der Waals surface area contributed by atoms with Gasteiger partial charge in [0.05, 0.1) is 0 Å². The summed E-state index contributed by atoms with van der Waals surface area (Å²) in [6.45, 7) is 2.01. The number of carbonyl (C=O) groups is 1. The van der Waals surface area contributed by atoms with Gasteiger partial charge < -0.3 is 9.73 Å². The maximum Gasteiger partial charge on any atom is 0.255 e. The number of oxazole rings is 1. The highest BCUT2D eigenvalue weighted by atomic mass is 19.1. The Bertz CT molecular complexity index is 1080. The van der Waals surface area contributed by atoms with Crippen molar-refractivity contribution < 1.29 is 13.6 Å². The van der Waals surface area contributed by atoms with E-state index in [1.165, 1.54) is 24.3 Å². The van der Waals surface area contributed by atoms with Crippen molar-refractivity contribution in [3.05, 3.63) is 83.7 Å². The van der Waals surface area contributed by atoms with E-state index < -0.39 is 0 Å². The van der Waals surface area contributed by atoms with Crippen molar-refractivity contribution >= 4 is 22.7 Å². The molecule has 0 aliphatic heterocycles. The van der Waals surface area contributed by atoms with Gasteiger partial charge in [-0.15, -0.1) is 0 Å². The van der Waals surface area contributed by atoms with Crippen molar-refractivity contribution in [1.82, 2.24) is 4.98 Å². The van der Waals surface area contributed by atoms with Gasteiger partial charge in [-0.3, -0.25) is 4.79 Å². The number of aromatic nitrogens is 1. The van der Waals surface area contributed by atoms with Gasteiger partial charge in [0.2, 0.25) is 5.89 Å². The monoisotopic (exact) mass is 346 g/mol. The number of fused-ring (bicyclic) bond motifs is 1. The third kappa shape index (κ3) is 3.19. The molecule has 0 bridgehead atoms. The Labute approximate surface area is 149 Å². The van der Waals surface area contributed by atoms with Gasteiger partial charge in [-0.25, -0.2) is 9.37 Å². The number of carbonyl (C=O) groups excluding carboxylic acids is 1. The van der Waals surface area contributed by atoms with Crippen LogP contribution in [-0.2, 0) is 0 Å². The minimum Gasteiger partial charge on any atom is -0.436 e. The van der Waals surface area contributed by atoms with E-state index in [9.17, 15) is 9.18 Å². The largest absolute Gasteiger partial charge is 0.436 e. The molecule has 4 aromatic rings. The first-order chi connectivity index (χ1) is 12.6. The number of rotatable bonds is 3. The maximum atomic E-state index is 12.9. The van der Waals surface area contributed by atoms with Gasteiger partial charge >= 0.3 is 0 Å². The Balaban J connectivity index is 1.54. The van der Waals surface area contributed by atoms with Crippen molar-refractivity contribution in [2.45, 2.75) is 6.92 Å². The van der Waals surface area contributed by atoms with Gasteiger partial charge in [-0.05, 0) is 73.2 Å². The number of nitrogens with one attached hydrogen (secondary N) is 1. The number of halogens is 1. The van der Waals surface area contributed by atoms with Crippen LogP contribution < -0.4 is 5.32 Å². The molecule has 1 amide bonds. The number of hydrogen-bond acceptors (Lipinski definition) is 3. The minimum absolute atomic E-state index is 0.296. The van der Waals surface area contributed by atoms with Crippen molar-refractivity contribution in [3.63, 3.8) is 0 Å². The van der Waals surface area contributed by atoms with Crippen LogP contribution in [0.3, 0.4) is 0 Å². The van der Waals surface area contributed by atoms with Crippen LogP contribution in [-0.4, -0.2) is 10.9 Å². The molecule has 3 aromatic carbocycles. The molecule has 0 fully saturated rings. The van der Waals surface area contributed by atoms with Gasteiger partial charge in [0, 0.05) is 16.8 Å². The summed E-state index contributed by atoms with van der Waals surface area (Å²) in [7, 11) is 0. The van der Waals surface area contributed by atoms with Crippen LogP contribution in [0.15, 0.2) is 71.1 Å². The van der Waals surface area contributed by atoms with E-state index in [0.717, 1.165) is 22.2 Å². The predicted octanol–water partition coefficient (Wildman–Crippen LogP) is 5.19. The van der Waals surface area contributed by atoms with E-state index >= 15 is 0 Å². The third-order valence-electron chi connectivity index (χ3n) is 4.04. The molecule has 0 unspecified atom stereocenters. The van der Waals surface area contributed by atoms with Crippen molar-refractivity contribution in [1.29, 1.82) is 0 Å². The van der Waals surface area contributed by atoms with Gasteiger partial charge in [-0.2, -0.15) is 0 Å². The molecule has 26 heavy (non-hydrogen) atoms. The van der Waals surface area contributed by atoms with E-state index in [4.69, 9.17) is 4.42 Å². The molecule has 0 aliphatic rings. The summed E-state index contributed by atoms with van der Waals surface area (Å²) in [4.78, 5) is 16.7. The van der Waals surface area contributed by atoms with Crippen LogP contribution in [0.25, 0.3) is 22.6 Å². The van der Waals surface area contributed by atoms with Gasteiger partial charge in [0.1, 0.15) is 11.3 Å². The smallest absolute Gasteiger partial charge is 0.255 e. The lowest BCUT2D eigenvalue weighted by molar-refractivity contribution is 0.102. The summed E-state index contributed by atoms with van der Waals surface area (Å²) in [5.41, 5.74) is 4.52. The molecule has 0 aliphatic carbocycles. The first-order valence-electron chi connectivity index (χ1n) is 8.13. The summed E-state index contributed by atoms with van der Waals surface area (Å²) in [5, 5.41) is 2.78. The average molecular weight is 346 g/mol. The summed E-state index contributed by atoms with van der Waals surface area (Å²) in [5.74, 6) is -0.142. The zero-order valence-corrected chi connectivity index (χ0v) is 14.0. The number of aryl methyl sites for hydroxylation is 1. The molecule has 0 saturated carbocycles. The standard InChI is InChI=1S/C21H15FN2O2/c1-13-2-11-19-18(12-13)24-21(26-19)15-5-9-17(10-6-15)23-20(25)14-3-7-16(22)8-4-14/h2-12H,1H3,(H,23,25). The number of anilines is 1. The molecule has 0 saturated heterocycles. The predicted molar refractivity (Wildman–Crippen MR) is 98.5 cm³/mol. The number of hydrogen-bond donors (Lipinski definition) is 1. The van der Waals surface area contributed by atoms with Crippen molar-refractivity contribution in [3.8, 4) is 11.5 Å². The fraction of sp³-hybridized carbons (Fsp3) is 0.0476. The molecule has 128 valence electrons. The highest BCUT2D eigenvalue weighted by Crippen LogP contribution is 2.26. The molecule has 0 atom stereocenters. The van der Waals surface area contributed by atoms with E-state index in [-0.39, 0.29) is 11.7 Å². The molecule has 0 radical (unpaired) electrons. The van der Waals surface area contributed by atoms with Gasteiger partial charge in [0.25, 0.3) is 5.91 Å². The Morgan fingerprint density at radius 2 is 1.73 bits per heavy atom. The highest BCUT2D eigenvalue weighted by molar-refractivity contribution is 6.04. The first kappa shape index (κ1) is 16.0. The Morgan fingerprint density at radius 1 is 1.00 bits per heavy atom. The van der Waals surface area contributed by atoms with Crippen LogP contribution >= 0.6 is 0 Å². The van der Waals surface area contributed by atoms with E-state index in [0.29, 0.717) is 17.1 Å². The SMILES string of the molecule is Cc1ccc2oc(-c3ccc(NC(=O)c4ccc(F)cc4)cc3)nc2c1. The zero-order valence-electron chi connectivity index (χ0n) is 14.0. The second-order valence-corrected chi connectivity index (χ2v) is 6.03. The summed E-state index contributed by atoms with van der Waals surface area (Å²) in [6, 6.07) is 18.5. The fourth-order valence-corrected chi connectivity index (χ4v) is 2.66. The molecule has 1 heterocycles.